The third-order valence-electron chi connectivity index (χ3n) is 2.91. The van der Waals surface area contributed by atoms with Crippen LogP contribution in [0.15, 0.2) is 5.38 Å². The molecule has 0 bridgehead atoms. The first-order valence-electron chi connectivity index (χ1n) is 5.56. The average Bonchev–Trinajstić information content (AvgIpc) is 2.54. The van der Waals surface area contributed by atoms with Crippen LogP contribution in [-0.2, 0) is 0 Å². The summed E-state index contributed by atoms with van der Waals surface area (Å²) in [5, 5.41) is 3.27. The second kappa shape index (κ2) is 5.17. The van der Waals surface area contributed by atoms with Gasteiger partial charge in [0.25, 0.3) is 0 Å². The molecule has 1 aromatic rings. The Morgan fingerprint density at radius 3 is 3.07 bits per heavy atom. The van der Waals surface area contributed by atoms with Gasteiger partial charge in [-0.3, -0.25) is 0 Å². The quantitative estimate of drug-likeness (QED) is 0.741. The second-order valence-corrected chi connectivity index (χ2v) is 5.27. The van der Waals surface area contributed by atoms with Crippen LogP contribution in [0, 0.1) is 6.92 Å². The zero-order chi connectivity index (χ0) is 10.7. The van der Waals surface area contributed by atoms with Gasteiger partial charge in [-0.2, -0.15) is 0 Å². The standard InChI is InChI=1S/C11H17ClN2S/c1-9-8-15-11(13-9)14-6-4-2-3-5-10(14)7-12/h8,10H,2-7H2,1H3. The maximum Gasteiger partial charge on any atom is 0.185 e. The molecule has 0 spiro atoms. The molecule has 4 heteroatoms. The zero-order valence-electron chi connectivity index (χ0n) is 9.08. The van der Waals surface area contributed by atoms with Gasteiger partial charge in [0.1, 0.15) is 0 Å². The van der Waals surface area contributed by atoms with Gasteiger partial charge >= 0.3 is 0 Å². The van der Waals surface area contributed by atoms with Gasteiger partial charge in [0.15, 0.2) is 5.13 Å². The Kier molecular flexibility index (Phi) is 3.87. The molecule has 2 rings (SSSR count). The van der Waals surface area contributed by atoms with Crippen molar-refractivity contribution in [2.45, 2.75) is 38.6 Å². The zero-order valence-corrected chi connectivity index (χ0v) is 10.7. The SMILES string of the molecule is Cc1csc(N2CCCCCC2CCl)n1. The minimum Gasteiger partial charge on any atom is -0.344 e. The van der Waals surface area contributed by atoms with Crippen LogP contribution < -0.4 is 4.90 Å². The molecule has 1 aromatic heterocycles. The summed E-state index contributed by atoms with van der Waals surface area (Å²) in [6, 6.07) is 0.486. The Bertz CT molecular complexity index is 313. The average molecular weight is 245 g/mol. The maximum absolute atomic E-state index is 6.04. The van der Waals surface area contributed by atoms with Gasteiger partial charge in [-0.25, -0.2) is 4.98 Å². The van der Waals surface area contributed by atoms with Gasteiger partial charge in [-0.15, -0.1) is 22.9 Å². The lowest BCUT2D eigenvalue weighted by Crippen LogP contribution is -2.36. The van der Waals surface area contributed by atoms with Crippen LogP contribution in [0.1, 0.15) is 31.4 Å². The van der Waals surface area contributed by atoms with Crippen LogP contribution in [0.25, 0.3) is 0 Å². The number of hydrogen-bond donors (Lipinski definition) is 0. The molecule has 0 amide bonds. The largest absolute Gasteiger partial charge is 0.344 e. The van der Waals surface area contributed by atoms with E-state index in [1.165, 1.54) is 25.7 Å². The van der Waals surface area contributed by atoms with E-state index in [-0.39, 0.29) is 0 Å². The fourth-order valence-corrected chi connectivity index (χ4v) is 3.29. The monoisotopic (exact) mass is 244 g/mol. The van der Waals surface area contributed by atoms with Gasteiger partial charge in [0.05, 0.1) is 5.69 Å². The van der Waals surface area contributed by atoms with Crippen LogP contribution >= 0.6 is 22.9 Å². The highest BCUT2D eigenvalue weighted by atomic mass is 35.5. The van der Waals surface area contributed by atoms with E-state index in [0.717, 1.165) is 23.3 Å². The van der Waals surface area contributed by atoms with Gasteiger partial charge in [0.2, 0.25) is 0 Å². The summed E-state index contributed by atoms with van der Waals surface area (Å²) in [5.41, 5.74) is 1.12. The van der Waals surface area contributed by atoms with E-state index in [0.29, 0.717) is 6.04 Å². The number of nitrogens with zero attached hydrogens (tertiary/aromatic N) is 2. The molecule has 2 heterocycles. The van der Waals surface area contributed by atoms with E-state index >= 15 is 0 Å². The summed E-state index contributed by atoms with van der Waals surface area (Å²) in [7, 11) is 0. The lowest BCUT2D eigenvalue weighted by molar-refractivity contribution is 0.619. The molecule has 84 valence electrons. The molecule has 0 saturated carbocycles. The summed E-state index contributed by atoms with van der Waals surface area (Å²) in [6.45, 7) is 3.16. The molecule has 0 aromatic carbocycles. The number of rotatable bonds is 2. The molecule has 1 aliphatic heterocycles. The summed E-state index contributed by atoms with van der Waals surface area (Å²) < 4.78 is 0. The van der Waals surface area contributed by atoms with Crippen molar-refractivity contribution in [3.05, 3.63) is 11.1 Å². The minimum absolute atomic E-state index is 0.486. The van der Waals surface area contributed by atoms with Crippen molar-refractivity contribution in [1.82, 2.24) is 4.98 Å². The van der Waals surface area contributed by atoms with Crippen LogP contribution in [-0.4, -0.2) is 23.5 Å². The molecule has 1 atom stereocenters. The molecule has 1 unspecified atom stereocenters. The van der Waals surface area contributed by atoms with Crippen molar-refractivity contribution >= 4 is 28.1 Å². The molecular weight excluding hydrogens is 228 g/mol. The molecule has 1 fully saturated rings. The molecule has 1 aliphatic rings. The molecule has 0 radical (unpaired) electrons. The summed E-state index contributed by atoms with van der Waals surface area (Å²) in [6.07, 6.45) is 5.11. The Morgan fingerprint density at radius 2 is 2.40 bits per heavy atom. The molecular formula is C11H17ClN2S. The molecule has 1 saturated heterocycles. The number of anilines is 1. The first-order chi connectivity index (χ1) is 7.31. The van der Waals surface area contributed by atoms with Crippen molar-refractivity contribution in [1.29, 1.82) is 0 Å². The predicted molar refractivity (Wildman–Crippen MR) is 67.2 cm³/mol. The summed E-state index contributed by atoms with van der Waals surface area (Å²) in [4.78, 5) is 6.96. The van der Waals surface area contributed by atoms with Crippen molar-refractivity contribution in [3.63, 3.8) is 0 Å². The summed E-state index contributed by atoms with van der Waals surface area (Å²) >= 11 is 7.78. The lowest BCUT2D eigenvalue weighted by Gasteiger charge is -2.27. The Hall–Kier alpha value is -0.280. The van der Waals surface area contributed by atoms with Crippen LogP contribution in [0.5, 0.6) is 0 Å². The van der Waals surface area contributed by atoms with Gasteiger partial charge < -0.3 is 4.90 Å². The third kappa shape index (κ3) is 2.64. The third-order valence-corrected chi connectivity index (χ3v) is 4.26. The number of aromatic nitrogens is 1. The van der Waals surface area contributed by atoms with E-state index in [2.05, 4.69) is 15.3 Å². The normalized spacial score (nSPS) is 22.8. The number of alkyl halides is 1. The van der Waals surface area contributed by atoms with Gasteiger partial charge in [-0.05, 0) is 19.8 Å². The topological polar surface area (TPSA) is 16.1 Å². The highest BCUT2D eigenvalue weighted by Gasteiger charge is 2.22. The molecule has 15 heavy (non-hydrogen) atoms. The van der Waals surface area contributed by atoms with E-state index in [1.807, 2.05) is 6.92 Å². The number of thiazole rings is 1. The predicted octanol–water partition coefficient (Wildman–Crippen LogP) is 3.44. The van der Waals surface area contributed by atoms with Crippen molar-refractivity contribution in [3.8, 4) is 0 Å². The van der Waals surface area contributed by atoms with E-state index < -0.39 is 0 Å². The molecule has 2 nitrogen and oxygen atoms in total. The smallest absolute Gasteiger partial charge is 0.185 e. The van der Waals surface area contributed by atoms with Crippen molar-refractivity contribution in [2.24, 2.45) is 0 Å². The first kappa shape index (κ1) is 11.2. The van der Waals surface area contributed by atoms with Crippen molar-refractivity contribution in [2.75, 3.05) is 17.3 Å². The minimum atomic E-state index is 0.486. The van der Waals surface area contributed by atoms with Gasteiger partial charge in [0, 0.05) is 23.8 Å². The highest BCUT2D eigenvalue weighted by molar-refractivity contribution is 7.13. The second-order valence-electron chi connectivity index (χ2n) is 4.12. The Morgan fingerprint density at radius 1 is 1.53 bits per heavy atom. The van der Waals surface area contributed by atoms with Crippen LogP contribution in [0.3, 0.4) is 0 Å². The number of hydrogen-bond acceptors (Lipinski definition) is 3. The molecule has 0 aliphatic carbocycles. The van der Waals surface area contributed by atoms with Crippen molar-refractivity contribution < 1.29 is 0 Å². The maximum atomic E-state index is 6.04. The summed E-state index contributed by atoms with van der Waals surface area (Å²) in [5.74, 6) is 0.721. The fraction of sp³-hybridized carbons (Fsp3) is 0.727. The van der Waals surface area contributed by atoms with Crippen LogP contribution in [0.4, 0.5) is 5.13 Å². The number of halogens is 1. The first-order valence-corrected chi connectivity index (χ1v) is 6.97. The van der Waals surface area contributed by atoms with E-state index in [4.69, 9.17) is 11.6 Å². The van der Waals surface area contributed by atoms with Crippen LogP contribution in [0.2, 0.25) is 0 Å². The van der Waals surface area contributed by atoms with E-state index in [9.17, 15) is 0 Å². The fourth-order valence-electron chi connectivity index (χ4n) is 2.06. The highest BCUT2D eigenvalue weighted by Crippen LogP contribution is 2.27. The Balaban J connectivity index is 2.16. The molecule has 0 N–H and O–H groups in total. The van der Waals surface area contributed by atoms with Gasteiger partial charge in [-0.1, -0.05) is 12.8 Å². The number of aryl methyl sites for hydroxylation is 1. The lowest BCUT2D eigenvalue weighted by atomic mass is 10.1. The van der Waals surface area contributed by atoms with E-state index in [1.54, 1.807) is 11.3 Å². The Labute approximate surface area is 100 Å².